The Hall–Kier alpha value is -0.960. The zero-order valence-corrected chi connectivity index (χ0v) is 9.95. The zero-order valence-electron chi connectivity index (χ0n) is 9.95. The number of nitrogens with two attached hydrogens (primary N) is 1. The lowest BCUT2D eigenvalue weighted by atomic mass is 10.0. The van der Waals surface area contributed by atoms with Gasteiger partial charge in [0.05, 0.1) is 5.69 Å². The lowest BCUT2D eigenvalue weighted by Gasteiger charge is -2.11. The minimum Gasteiger partial charge on any atom is -0.323 e. The molecule has 0 aliphatic heterocycles. The minimum atomic E-state index is -0.288. The van der Waals surface area contributed by atoms with Gasteiger partial charge >= 0.3 is 0 Å². The van der Waals surface area contributed by atoms with Crippen molar-refractivity contribution in [3.8, 4) is 0 Å². The summed E-state index contributed by atoms with van der Waals surface area (Å²) in [6, 6.07) is 2.74. The van der Waals surface area contributed by atoms with E-state index in [9.17, 15) is 4.39 Å². The van der Waals surface area contributed by atoms with Gasteiger partial charge in [-0.1, -0.05) is 39.0 Å². The predicted molar refractivity (Wildman–Crippen MR) is 64.5 cm³/mol. The summed E-state index contributed by atoms with van der Waals surface area (Å²) < 4.78 is 13.3. The topological polar surface area (TPSA) is 38.9 Å². The fourth-order valence-electron chi connectivity index (χ4n) is 1.78. The van der Waals surface area contributed by atoms with Gasteiger partial charge in [-0.25, -0.2) is 4.39 Å². The number of halogens is 1. The van der Waals surface area contributed by atoms with E-state index in [1.807, 2.05) is 0 Å². The van der Waals surface area contributed by atoms with E-state index in [4.69, 9.17) is 5.73 Å². The standard InChI is InChI=1S/C13H21FN2/c1-2-3-4-5-6-9-12(15)13-11(14)8-7-10-16-13/h7-8,10,12H,2-6,9,15H2,1H3. The predicted octanol–water partition coefficient (Wildman–Crippen LogP) is 3.58. The van der Waals surface area contributed by atoms with Crippen LogP contribution in [0.2, 0.25) is 0 Å². The normalized spacial score (nSPS) is 12.7. The molecule has 0 bridgehead atoms. The van der Waals surface area contributed by atoms with Gasteiger partial charge in [0.1, 0.15) is 5.82 Å². The first-order chi connectivity index (χ1) is 7.75. The average molecular weight is 224 g/mol. The Morgan fingerprint density at radius 1 is 1.31 bits per heavy atom. The number of pyridine rings is 1. The van der Waals surface area contributed by atoms with Crippen LogP contribution in [0.5, 0.6) is 0 Å². The maximum Gasteiger partial charge on any atom is 0.146 e. The second kappa shape index (κ2) is 7.34. The molecule has 3 heteroatoms. The van der Waals surface area contributed by atoms with Crippen LogP contribution in [0.15, 0.2) is 18.3 Å². The van der Waals surface area contributed by atoms with E-state index in [0.717, 1.165) is 12.8 Å². The third kappa shape index (κ3) is 4.27. The van der Waals surface area contributed by atoms with Gasteiger partial charge in [0.15, 0.2) is 0 Å². The van der Waals surface area contributed by atoms with Gasteiger partial charge in [0, 0.05) is 12.2 Å². The molecule has 0 aliphatic carbocycles. The Bertz CT molecular complexity index is 302. The van der Waals surface area contributed by atoms with Crippen LogP contribution in [0.1, 0.15) is 57.2 Å². The highest BCUT2D eigenvalue weighted by atomic mass is 19.1. The fourth-order valence-corrected chi connectivity index (χ4v) is 1.78. The van der Waals surface area contributed by atoms with E-state index < -0.39 is 0 Å². The molecule has 0 aromatic carbocycles. The van der Waals surface area contributed by atoms with Gasteiger partial charge in [-0.05, 0) is 18.6 Å². The van der Waals surface area contributed by atoms with Gasteiger partial charge in [-0.15, -0.1) is 0 Å². The van der Waals surface area contributed by atoms with Crippen LogP contribution in [-0.2, 0) is 0 Å². The summed E-state index contributed by atoms with van der Waals surface area (Å²) in [7, 11) is 0. The molecule has 1 rings (SSSR count). The number of hydrogen-bond acceptors (Lipinski definition) is 2. The molecule has 0 radical (unpaired) electrons. The summed E-state index contributed by atoms with van der Waals surface area (Å²) in [6.07, 6.45) is 8.39. The Kier molecular flexibility index (Phi) is 6.01. The molecule has 2 nitrogen and oxygen atoms in total. The minimum absolute atomic E-state index is 0.261. The van der Waals surface area contributed by atoms with Crippen molar-refractivity contribution >= 4 is 0 Å². The van der Waals surface area contributed by atoms with Crippen molar-refractivity contribution in [3.05, 3.63) is 29.8 Å². The van der Waals surface area contributed by atoms with Crippen LogP contribution in [-0.4, -0.2) is 4.98 Å². The summed E-state index contributed by atoms with van der Waals surface area (Å²) in [5.41, 5.74) is 6.31. The second-order valence-electron chi connectivity index (χ2n) is 4.18. The SMILES string of the molecule is CCCCCCCC(N)c1ncccc1F. The molecule has 16 heavy (non-hydrogen) atoms. The number of unbranched alkanes of at least 4 members (excludes halogenated alkanes) is 4. The van der Waals surface area contributed by atoms with Crippen molar-refractivity contribution in [2.45, 2.75) is 51.5 Å². The molecule has 0 fully saturated rings. The van der Waals surface area contributed by atoms with Crippen molar-refractivity contribution in [1.29, 1.82) is 0 Å². The van der Waals surface area contributed by atoms with Gasteiger partial charge in [-0.2, -0.15) is 0 Å². The molecule has 1 aromatic heterocycles. The fraction of sp³-hybridized carbons (Fsp3) is 0.615. The van der Waals surface area contributed by atoms with Crippen LogP contribution >= 0.6 is 0 Å². The summed E-state index contributed by atoms with van der Waals surface area (Å²) in [5.74, 6) is -0.288. The molecule has 0 saturated carbocycles. The van der Waals surface area contributed by atoms with Gasteiger partial charge < -0.3 is 5.73 Å². The molecule has 1 unspecified atom stereocenters. The van der Waals surface area contributed by atoms with Crippen LogP contribution in [0.4, 0.5) is 4.39 Å². The Balaban J connectivity index is 2.30. The van der Waals surface area contributed by atoms with Crippen molar-refractivity contribution in [2.75, 3.05) is 0 Å². The summed E-state index contributed by atoms with van der Waals surface area (Å²) in [5, 5.41) is 0. The van der Waals surface area contributed by atoms with Crippen LogP contribution in [0.25, 0.3) is 0 Å². The second-order valence-corrected chi connectivity index (χ2v) is 4.18. The molecule has 0 amide bonds. The maximum atomic E-state index is 13.3. The summed E-state index contributed by atoms with van der Waals surface area (Å²) in [4.78, 5) is 3.99. The maximum absolute atomic E-state index is 13.3. The first-order valence-electron chi connectivity index (χ1n) is 6.11. The molecular weight excluding hydrogens is 203 g/mol. The molecule has 0 aliphatic rings. The molecule has 1 atom stereocenters. The Labute approximate surface area is 97.1 Å². The smallest absolute Gasteiger partial charge is 0.146 e. The van der Waals surface area contributed by atoms with E-state index in [1.165, 1.54) is 31.7 Å². The van der Waals surface area contributed by atoms with Crippen LogP contribution in [0, 0.1) is 5.82 Å². The van der Waals surface area contributed by atoms with Gasteiger partial charge in [0.2, 0.25) is 0 Å². The molecule has 2 N–H and O–H groups in total. The van der Waals surface area contributed by atoms with Crippen LogP contribution < -0.4 is 5.73 Å². The lowest BCUT2D eigenvalue weighted by Crippen LogP contribution is -2.13. The summed E-state index contributed by atoms with van der Waals surface area (Å²) >= 11 is 0. The van der Waals surface area contributed by atoms with Crippen molar-refractivity contribution in [2.24, 2.45) is 5.73 Å². The highest BCUT2D eigenvalue weighted by molar-refractivity contribution is 5.10. The number of nitrogens with zero attached hydrogens (tertiary/aromatic N) is 1. The van der Waals surface area contributed by atoms with E-state index in [2.05, 4.69) is 11.9 Å². The van der Waals surface area contributed by atoms with Crippen molar-refractivity contribution < 1.29 is 4.39 Å². The molecular formula is C13H21FN2. The quantitative estimate of drug-likeness (QED) is 0.719. The van der Waals surface area contributed by atoms with E-state index >= 15 is 0 Å². The first kappa shape index (κ1) is 13.1. The molecule has 90 valence electrons. The molecule has 0 spiro atoms. The van der Waals surface area contributed by atoms with E-state index in [0.29, 0.717) is 5.69 Å². The Morgan fingerprint density at radius 2 is 2.06 bits per heavy atom. The zero-order chi connectivity index (χ0) is 11.8. The van der Waals surface area contributed by atoms with Gasteiger partial charge in [0.25, 0.3) is 0 Å². The highest BCUT2D eigenvalue weighted by Crippen LogP contribution is 2.18. The first-order valence-corrected chi connectivity index (χ1v) is 6.11. The highest BCUT2D eigenvalue weighted by Gasteiger charge is 2.11. The third-order valence-corrected chi connectivity index (χ3v) is 2.76. The van der Waals surface area contributed by atoms with Crippen molar-refractivity contribution in [1.82, 2.24) is 4.98 Å². The number of hydrogen-bond donors (Lipinski definition) is 1. The molecule has 0 saturated heterocycles. The van der Waals surface area contributed by atoms with Crippen molar-refractivity contribution in [3.63, 3.8) is 0 Å². The lowest BCUT2D eigenvalue weighted by molar-refractivity contribution is 0.514. The van der Waals surface area contributed by atoms with Gasteiger partial charge in [-0.3, -0.25) is 4.98 Å². The largest absolute Gasteiger partial charge is 0.323 e. The van der Waals surface area contributed by atoms with E-state index in [-0.39, 0.29) is 11.9 Å². The molecule has 1 heterocycles. The Morgan fingerprint density at radius 3 is 2.75 bits per heavy atom. The van der Waals surface area contributed by atoms with Crippen LogP contribution in [0.3, 0.4) is 0 Å². The third-order valence-electron chi connectivity index (χ3n) is 2.76. The average Bonchev–Trinajstić information content (AvgIpc) is 2.29. The van der Waals surface area contributed by atoms with E-state index in [1.54, 1.807) is 12.3 Å². The monoisotopic (exact) mass is 224 g/mol. The number of rotatable bonds is 7. The molecule has 1 aromatic rings. The summed E-state index contributed by atoms with van der Waals surface area (Å²) in [6.45, 7) is 2.19. The number of aromatic nitrogens is 1.